The molecule has 28 heavy (non-hydrogen) atoms. The highest BCUT2D eigenvalue weighted by atomic mass is 32.2. The Morgan fingerprint density at radius 1 is 1.36 bits per heavy atom. The summed E-state index contributed by atoms with van der Waals surface area (Å²) in [7, 11) is 0. The van der Waals surface area contributed by atoms with Crippen LogP contribution in [0.1, 0.15) is 23.2 Å². The van der Waals surface area contributed by atoms with E-state index in [1.54, 1.807) is 29.4 Å². The van der Waals surface area contributed by atoms with Gasteiger partial charge < -0.3 is 20.0 Å². The van der Waals surface area contributed by atoms with Crippen LogP contribution in [0.4, 0.5) is 5.69 Å². The van der Waals surface area contributed by atoms with Crippen molar-refractivity contribution >= 4 is 35.2 Å². The van der Waals surface area contributed by atoms with Crippen LogP contribution in [0.25, 0.3) is 11.3 Å². The number of carbonyl (C=O) groups is 3. The van der Waals surface area contributed by atoms with Gasteiger partial charge in [0.25, 0.3) is 5.91 Å². The molecule has 1 fully saturated rings. The molecule has 0 aliphatic carbocycles. The average molecular weight is 399 g/mol. The Balaban J connectivity index is 1.58. The number of amides is 3. The predicted octanol–water partition coefficient (Wildman–Crippen LogP) is 2.35. The highest BCUT2D eigenvalue weighted by Gasteiger charge is 2.40. The molecule has 2 aliphatic rings. The molecule has 1 aromatic heterocycles. The van der Waals surface area contributed by atoms with Crippen LogP contribution >= 0.6 is 11.8 Å². The fourth-order valence-corrected chi connectivity index (χ4v) is 4.13. The van der Waals surface area contributed by atoms with E-state index in [2.05, 4.69) is 10.6 Å². The number of rotatable bonds is 4. The Bertz CT molecular complexity index is 912. The molecular weight excluding hydrogens is 378 g/mol. The number of fused-ring (bicyclic) bond motifs is 2. The molecule has 1 aromatic carbocycles. The summed E-state index contributed by atoms with van der Waals surface area (Å²) in [4.78, 5) is 39.5. The zero-order chi connectivity index (χ0) is 19.7. The summed E-state index contributed by atoms with van der Waals surface area (Å²) >= 11 is 1.45. The summed E-state index contributed by atoms with van der Waals surface area (Å²) in [5, 5.41) is 5.84. The second-order valence-corrected chi connectivity index (χ2v) is 7.83. The monoisotopic (exact) mass is 399 g/mol. The molecule has 146 valence electrons. The molecule has 3 heterocycles. The minimum absolute atomic E-state index is 0.0438. The van der Waals surface area contributed by atoms with E-state index in [1.165, 1.54) is 11.8 Å². The van der Waals surface area contributed by atoms with Crippen molar-refractivity contribution in [3.05, 3.63) is 42.2 Å². The lowest BCUT2D eigenvalue weighted by Gasteiger charge is -2.37. The minimum Gasteiger partial charge on any atom is -0.464 e. The molecule has 2 N–H and O–H groups in total. The molecule has 0 spiro atoms. The third-order valence-electron chi connectivity index (χ3n) is 5.12. The highest BCUT2D eigenvalue weighted by molar-refractivity contribution is 7.99. The Labute approximate surface area is 166 Å². The summed E-state index contributed by atoms with van der Waals surface area (Å²) in [5.41, 5.74) is 1.74. The SMILES string of the molecule is CSCC(=O)N[C@H]1CCN2C(=O)c3cc(-c4ccco4)ccc3NC(=O)[C@@H]2C1. The summed E-state index contributed by atoms with van der Waals surface area (Å²) in [6.07, 6.45) is 4.49. The van der Waals surface area contributed by atoms with E-state index >= 15 is 0 Å². The Morgan fingerprint density at radius 3 is 2.96 bits per heavy atom. The molecule has 2 atom stereocenters. The number of nitrogens with zero attached hydrogens (tertiary/aromatic N) is 1. The van der Waals surface area contributed by atoms with Crippen LogP contribution in [0.3, 0.4) is 0 Å². The third-order valence-corrected chi connectivity index (χ3v) is 5.67. The maximum Gasteiger partial charge on any atom is 0.256 e. The Hall–Kier alpha value is -2.74. The molecule has 3 amide bonds. The van der Waals surface area contributed by atoms with Crippen molar-refractivity contribution in [2.75, 3.05) is 23.9 Å². The van der Waals surface area contributed by atoms with E-state index in [4.69, 9.17) is 4.42 Å². The van der Waals surface area contributed by atoms with E-state index < -0.39 is 6.04 Å². The zero-order valence-electron chi connectivity index (χ0n) is 15.4. The van der Waals surface area contributed by atoms with E-state index in [0.29, 0.717) is 42.2 Å². The molecule has 7 nitrogen and oxygen atoms in total. The fourth-order valence-electron chi connectivity index (χ4n) is 3.79. The number of anilines is 1. The molecule has 0 saturated carbocycles. The average Bonchev–Trinajstić information content (AvgIpc) is 3.19. The van der Waals surface area contributed by atoms with Gasteiger partial charge in [-0.05, 0) is 49.4 Å². The smallest absolute Gasteiger partial charge is 0.256 e. The van der Waals surface area contributed by atoms with Gasteiger partial charge in [-0.3, -0.25) is 14.4 Å². The van der Waals surface area contributed by atoms with Gasteiger partial charge in [-0.1, -0.05) is 0 Å². The Kier molecular flexibility index (Phi) is 5.13. The van der Waals surface area contributed by atoms with Crippen LogP contribution in [0.15, 0.2) is 41.0 Å². The molecule has 2 aromatic rings. The second-order valence-electron chi connectivity index (χ2n) is 6.96. The van der Waals surface area contributed by atoms with Crippen LogP contribution in [0.5, 0.6) is 0 Å². The van der Waals surface area contributed by atoms with Crippen molar-refractivity contribution in [3.8, 4) is 11.3 Å². The maximum absolute atomic E-state index is 13.2. The predicted molar refractivity (Wildman–Crippen MR) is 107 cm³/mol. The molecule has 0 bridgehead atoms. The minimum atomic E-state index is -0.597. The first-order valence-electron chi connectivity index (χ1n) is 9.15. The molecule has 0 radical (unpaired) electrons. The number of hydrogen-bond acceptors (Lipinski definition) is 5. The summed E-state index contributed by atoms with van der Waals surface area (Å²) < 4.78 is 5.42. The fraction of sp³-hybridized carbons (Fsp3) is 0.350. The zero-order valence-corrected chi connectivity index (χ0v) is 16.3. The van der Waals surface area contributed by atoms with Crippen LogP contribution < -0.4 is 10.6 Å². The van der Waals surface area contributed by atoms with Crippen molar-refractivity contribution < 1.29 is 18.8 Å². The number of piperidine rings is 1. The lowest BCUT2D eigenvalue weighted by atomic mass is 9.96. The normalized spacial score (nSPS) is 21.4. The topological polar surface area (TPSA) is 91.7 Å². The number of furan rings is 1. The number of benzene rings is 1. The second kappa shape index (κ2) is 7.71. The van der Waals surface area contributed by atoms with Crippen LogP contribution in [0.2, 0.25) is 0 Å². The summed E-state index contributed by atoms with van der Waals surface area (Å²) in [6, 6.07) is 8.22. The van der Waals surface area contributed by atoms with E-state index in [9.17, 15) is 14.4 Å². The molecule has 0 unspecified atom stereocenters. The number of nitrogens with one attached hydrogen (secondary N) is 2. The lowest BCUT2D eigenvalue weighted by molar-refractivity contribution is -0.123. The van der Waals surface area contributed by atoms with Gasteiger partial charge in [0.1, 0.15) is 11.8 Å². The van der Waals surface area contributed by atoms with Gasteiger partial charge in [-0.15, -0.1) is 0 Å². The van der Waals surface area contributed by atoms with Crippen LogP contribution in [-0.4, -0.2) is 53.3 Å². The van der Waals surface area contributed by atoms with E-state index in [1.807, 2.05) is 18.4 Å². The van der Waals surface area contributed by atoms with Crippen molar-refractivity contribution in [1.29, 1.82) is 0 Å². The first-order chi connectivity index (χ1) is 13.6. The first kappa shape index (κ1) is 18.6. The number of thioether (sulfide) groups is 1. The van der Waals surface area contributed by atoms with Crippen molar-refractivity contribution in [2.45, 2.75) is 24.9 Å². The highest BCUT2D eigenvalue weighted by Crippen LogP contribution is 2.31. The quantitative estimate of drug-likeness (QED) is 0.824. The van der Waals surface area contributed by atoms with Gasteiger partial charge in [0.15, 0.2) is 0 Å². The van der Waals surface area contributed by atoms with Crippen molar-refractivity contribution in [3.63, 3.8) is 0 Å². The van der Waals surface area contributed by atoms with E-state index in [-0.39, 0.29) is 23.8 Å². The summed E-state index contributed by atoms with van der Waals surface area (Å²) in [6.45, 7) is 0.422. The molecule has 4 rings (SSSR count). The van der Waals surface area contributed by atoms with Gasteiger partial charge in [0.2, 0.25) is 11.8 Å². The summed E-state index contributed by atoms with van der Waals surface area (Å²) in [5.74, 6) is 0.606. The van der Waals surface area contributed by atoms with Crippen molar-refractivity contribution in [1.82, 2.24) is 10.2 Å². The third kappa shape index (κ3) is 3.52. The van der Waals surface area contributed by atoms with Gasteiger partial charge in [0.05, 0.1) is 23.3 Å². The molecule has 2 aliphatic heterocycles. The van der Waals surface area contributed by atoms with Gasteiger partial charge in [-0.2, -0.15) is 11.8 Å². The molecule has 8 heteroatoms. The van der Waals surface area contributed by atoms with Gasteiger partial charge in [-0.25, -0.2) is 0 Å². The lowest BCUT2D eigenvalue weighted by Crippen LogP contribution is -2.55. The first-order valence-corrected chi connectivity index (χ1v) is 10.5. The number of hydrogen-bond donors (Lipinski definition) is 2. The maximum atomic E-state index is 13.2. The largest absolute Gasteiger partial charge is 0.464 e. The van der Waals surface area contributed by atoms with Crippen LogP contribution in [-0.2, 0) is 9.59 Å². The van der Waals surface area contributed by atoms with E-state index in [0.717, 1.165) is 5.56 Å². The number of carbonyl (C=O) groups excluding carboxylic acids is 3. The van der Waals surface area contributed by atoms with Crippen LogP contribution in [0, 0.1) is 0 Å². The molecule has 1 saturated heterocycles. The Morgan fingerprint density at radius 2 is 2.21 bits per heavy atom. The molecular formula is C20H21N3O4S. The standard InChI is InChI=1S/C20H21N3O4S/c1-28-11-18(24)21-13-6-7-23-16(10-13)19(25)22-15-5-4-12(9-14(15)20(23)26)17-3-2-8-27-17/h2-5,8-9,13,16H,6-7,10-11H2,1H3,(H,21,24)(H,22,25)/t13-,16-/m0/s1. The van der Waals surface area contributed by atoms with Crippen molar-refractivity contribution in [2.24, 2.45) is 0 Å². The van der Waals surface area contributed by atoms with Gasteiger partial charge in [0, 0.05) is 18.2 Å². The van der Waals surface area contributed by atoms with Gasteiger partial charge >= 0.3 is 0 Å².